The fourth-order valence-corrected chi connectivity index (χ4v) is 3.91. The number of fused-ring (bicyclic) bond motifs is 1. The number of nitrogens with one attached hydrogen (secondary N) is 1. The first-order valence-electron chi connectivity index (χ1n) is 8.02. The molecule has 2 aliphatic heterocycles. The van der Waals surface area contributed by atoms with Crippen LogP contribution in [0.3, 0.4) is 0 Å². The molecule has 2 amide bonds. The van der Waals surface area contributed by atoms with Gasteiger partial charge in [-0.05, 0) is 48.4 Å². The maximum absolute atomic E-state index is 11.7. The number of amides is 2. The van der Waals surface area contributed by atoms with E-state index < -0.39 is 23.2 Å². The number of carbonyl (C=O) groups excluding carboxylic acids is 2. The van der Waals surface area contributed by atoms with Crippen molar-refractivity contribution in [3.8, 4) is 0 Å². The standard InChI is InChI=1S/C17H14N4O4S/c22-15-13(26-17(25)20-15)7-9-3-4-11-10(6-9)14(19-8-18-11)21-5-1-2-12(21)16(23)24/h3-4,6-8,12H,1-2,5H2,(H,23,24)(H,20,22,25). The third-order valence-electron chi connectivity index (χ3n) is 4.39. The number of hydrogen-bond donors (Lipinski definition) is 2. The zero-order chi connectivity index (χ0) is 18.3. The minimum absolute atomic E-state index is 0.317. The molecule has 2 N–H and O–H groups in total. The van der Waals surface area contributed by atoms with Crippen molar-refractivity contribution in [3.63, 3.8) is 0 Å². The van der Waals surface area contributed by atoms with E-state index in [4.69, 9.17) is 0 Å². The van der Waals surface area contributed by atoms with Crippen molar-refractivity contribution in [3.05, 3.63) is 35.0 Å². The van der Waals surface area contributed by atoms with E-state index in [1.165, 1.54) is 6.33 Å². The van der Waals surface area contributed by atoms with Crippen LogP contribution in [0, 0.1) is 0 Å². The number of aliphatic carboxylic acids is 1. The molecule has 1 aromatic heterocycles. The molecule has 3 heterocycles. The molecule has 0 saturated carbocycles. The predicted octanol–water partition coefficient (Wildman–Crippen LogP) is 2.01. The highest BCUT2D eigenvalue weighted by Crippen LogP contribution is 2.32. The lowest BCUT2D eigenvalue weighted by molar-refractivity contribution is -0.138. The molecule has 2 saturated heterocycles. The number of nitrogens with zero attached hydrogens (tertiary/aromatic N) is 3. The van der Waals surface area contributed by atoms with Crippen LogP contribution in [0.5, 0.6) is 0 Å². The zero-order valence-corrected chi connectivity index (χ0v) is 14.3. The van der Waals surface area contributed by atoms with E-state index in [2.05, 4.69) is 15.3 Å². The van der Waals surface area contributed by atoms with Crippen LogP contribution in [-0.2, 0) is 9.59 Å². The summed E-state index contributed by atoms with van der Waals surface area (Å²) >= 11 is 0.850. The molecule has 2 aromatic rings. The van der Waals surface area contributed by atoms with Gasteiger partial charge in [-0.25, -0.2) is 14.8 Å². The highest BCUT2D eigenvalue weighted by Gasteiger charge is 2.32. The minimum atomic E-state index is -0.870. The second-order valence-electron chi connectivity index (χ2n) is 6.02. The molecule has 4 rings (SSSR count). The highest BCUT2D eigenvalue weighted by atomic mass is 32.2. The first-order chi connectivity index (χ1) is 12.5. The Bertz CT molecular complexity index is 974. The smallest absolute Gasteiger partial charge is 0.326 e. The number of carboxylic acid groups (broad SMARTS) is 1. The quantitative estimate of drug-likeness (QED) is 0.789. The van der Waals surface area contributed by atoms with Gasteiger partial charge in [0, 0.05) is 11.9 Å². The number of hydrogen-bond acceptors (Lipinski definition) is 7. The molecule has 0 spiro atoms. The summed E-state index contributed by atoms with van der Waals surface area (Å²) < 4.78 is 0. The predicted molar refractivity (Wildman–Crippen MR) is 96.6 cm³/mol. The molecule has 0 bridgehead atoms. The number of thioether (sulfide) groups is 1. The summed E-state index contributed by atoms with van der Waals surface area (Å²) in [4.78, 5) is 45.2. The monoisotopic (exact) mass is 370 g/mol. The lowest BCUT2D eigenvalue weighted by atomic mass is 10.1. The lowest BCUT2D eigenvalue weighted by Crippen LogP contribution is -2.36. The third kappa shape index (κ3) is 2.90. The maximum Gasteiger partial charge on any atom is 0.326 e. The van der Waals surface area contributed by atoms with Gasteiger partial charge in [-0.1, -0.05) is 6.07 Å². The van der Waals surface area contributed by atoms with Crippen LogP contribution < -0.4 is 10.2 Å². The Balaban J connectivity index is 1.78. The maximum atomic E-state index is 11.7. The van der Waals surface area contributed by atoms with Gasteiger partial charge in [-0.15, -0.1) is 0 Å². The van der Waals surface area contributed by atoms with E-state index >= 15 is 0 Å². The van der Waals surface area contributed by atoms with Crippen molar-refractivity contribution in [2.75, 3.05) is 11.4 Å². The Labute approximate surface area is 152 Å². The van der Waals surface area contributed by atoms with E-state index in [9.17, 15) is 19.5 Å². The Morgan fingerprint density at radius 2 is 2.19 bits per heavy atom. The number of rotatable bonds is 3. The van der Waals surface area contributed by atoms with Gasteiger partial charge in [0.05, 0.1) is 10.4 Å². The van der Waals surface area contributed by atoms with Gasteiger partial charge >= 0.3 is 5.97 Å². The summed E-state index contributed by atoms with van der Waals surface area (Å²) in [6.45, 7) is 0.612. The molecule has 132 valence electrons. The van der Waals surface area contributed by atoms with Crippen LogP contribution in [0.1, 0.15) is 18.4 Å². The Kier molecular flexibility index (Phi) is 4.08. The molecule has 1 unspecified atom stereocenters. The number of carbonyl (C=O) groups is 3. The molecule has 26 heavy (non-hydrogen) atoms. The van der Waals surface area contributed by atoms with E-state index in [0.29, 0.717) is 40.2 Å². The molecule has 2 aliphatic rings. The molecular formula is C17H14N4O4S. The van der Waals surface area contributed by atoms with Gasteiger partial charge in [-0.2, -0.15) is 0 Å². The first-order valence-corrected chi connectivity index (χ1v) is 8.83. The van der Waals surface area contributed by atoms with E-state index in [1.54, 1.807) is 23.1 Å². The fourth-order valence-electron chi connectivity index (χ4n) is 3.23. The summed E-state index contributed by atoms with van der Waals surface area (Å²) in [5.74, 6) is -0.722. The molecule has 1 atom stereocenters. The van der Waals surface area contributed by atoms with E-state index in [-0.39, 0.29) is 0 Å². The van der Waals surface area contributed by atoms with Crippen LogP contribution in [-0.4, -0.2) is 44.8 Å². The summed E-state index contributed by atoms with van der Waals surface area (Å²) in [5, 5.41) is 12.0. The molecule has 0 radical (unpaired) electrons. The number of anilines is 1. The van der Waals surface area contributed by atoms with Crippen molar-refractivity contribution in [1.29, 1.82) is 0 Å². The lowest BCUT2D eigenvalue weighted by Gasteiger charge is -2.23. The van der Waals surface area contributed by atoms with Gasteiger partial charge in [0.2, 0.25) is 0 Å². The van der Waals surface area contributed by atoms with Gasteiger partial charge in [0.1, 0.15) is 18.2 Å². The molecular weight excluding hydrogens is 356 g/mol. The van der Waals surface area contributed by atoms with Crippen LogP contribution >= 0.6 is 11.8 Å². The van der Waals surface area contributed by atoms with E-state index in [0.717, 1.165) is 18.2 Å². The number of benzene rings is 1. The number of aromatic nitrogens is 2. The largest absolute Gasteiger partial charge is 0.480 e. The van der Waals surface area contributed by atoms with Crippen LogP contribution in [0.2, 0.25) is 0 Å². The van der Waals surface area contributed by atoms with Gasteiger partial charge in [0.15, 0.2) is 0 Å². The minimum Gasteiger partial charge on any atom is -0.480 e. The van der Waals surface area contributed by atoms with E-state index in [1.807, 2.05) is 6.07 Å². The third-order valence-corrected chi connectivity index (χ3v) is 5.20. The van der Waals surface area contributed by atoms with Crippen LogP contribution in [0.4, 0.5) is 10.6 Å². The molecule has 8 nitrogen and oxygen atoms in total. The fraction of sp³-hybridized carbons (Fsp3) is 0.235. The zero-order valence-electron chi connectivity index (χ0n) is 13.5. The van der Waals surface area contributed by atoms with Crippen molar-refractivity contribution in [2.45, 2.75) is 18.9 Å². The average Bonchev–Trinajstić information content (AvgIpc) is 3.21. The molecule has 0 aliphatic carbocycles. The van der Waals surface area contributed by atoms with Crippen LogP contribution in [0.25, 0.3) is 17.0 Å². The highest BCUT2D eigenvalue weighted by molar-refractivity contribution is 8.18. The Hall–Kier alpha value is -2.94. The Morgan fingerprint density at radius 3 is 2.92 bits per heavy atom. The number of carboxylic acids is 1. The van der Waals surface area contributed by atoms with Gasteiger partial charge in [-0.3, -0.25) is 14.9 Å². The summed E-state index contributed by atoms with van der Waals surface area (Å²) in [7, 11) is 0. The van der Waals surface area contributed by atoms with Crippen molar-refractivity contribution < 1.29 is 19.5 Å². The SMILES string of the molecule is O=C1NC(=O)C(=Cc2ccc3ncnc(N4CCCC4C(=O)O)c3c2)S1. The number of imide groups is 1. The molecule has 1 aromatic carbocycles. The summed E-state index contributed by atoms with van der Waals surface area (Å²) in [5.41, 5.74) is 1.40. The second kappa shape index (κ2) is 6.41. The van der Waals surface area contributed by atoms with Gasteiger partial charge < -0.3 is 10.0 Å². The second-order valence-corrected chi connectivity index (χ2v) is 7.03. The summed E-state index contributed by atoms with van der Waals surface area (Å²) in [6, 6.07) is 4.79. The van der Waals surface area contributed by atoms with Gasteiger partial charge in [0.25, 0.3) is 11.1 Å². The first kappa shape index (κ1) is 16.5. The average molecular weight is 370 g/mol. The van der Waals surface area contributed by atoms with Crippen molar-refractivity contribution in [1.82, 2.24) is 15.3 Å². The topological polar surface area (TPSA) is 112 Å². The van der Waals surface area contributed by atoms with Crippen molar-refractivity contribution in [2.24, 2.45) is 0 Å². The van der Waals surface area contributed by atoms with Crippen LogP contribution in [0.15, 0.2) is 29.4 Å². The normalized spacial score (nSPS) is 21.6. The van der Waals surface area contributed by atoms with Crippen molar-refractivity contribution >= 4 is 51.7 Å². The molecule has 2 fully saturated rings. The molecule has 9 heteroatoms. The Morgan fingerprint density at radius 1 is 1.35 bits per heavy atom. The summed E-state index contributed by atoms with van der Waals surface area (Å²) in [6.07, 6.45) is 4.40.